The predicted octanol–water partition coefficient (Wildman–Crippen LogP) is 5.56. The summed E-state index contributed by atoms with van der Waals surface area (Å²) in [4.78, 5) is 18.1. The van der Waals surface area contributed by atoms with Gasteiger partial charge in [-0.15, -0.1) is 16.4 Å². The Labute approximate surface area is 200 Å². The normalized spacial score (nSPS) is 10.9. The third-order valence-corrected chi connectivity index (χ3v) is 5.69. The molecule has 0 saturated heterocycles. The molecule has 0 atom stereocenters. The molecule has 8 nitrogen and oxygen atoms in total. The highest BCUT2D eigenvalue weighted by molar-refractivity contribution is 7.15. The summed E-state index contributed by atoms with van der Waals surface area (Å²) in [6, 6.07) is 10.7. The molecule has 172 valence electrons. The minimum Gasteiger partial charge on any atom is -0.490 e. The van der Waals surface area contributed by atoms with Gasteiger partial charge in [-0.05, 0) is 45.0 Å². The number of thiazole rings is 1. The van der Waals surface area contributed by atoms with Crippen LogP contribution in [0.25, 0.3) is 16.2 Å². The minimum absolute atomic E-state index is 0.201. The van der Waals surface area contributed by atoms with Gasteiger partial charge in [0.25, 0.3) is 11.9 Å². The van der Waals surface area contributed by atoms with Gasteiger partial charge in [0.05, 0.1) is 25.5 Å². The first-order valence-electron chi connectivity index (χ1n) is 10.5. The van der Waals surface area contributed by atoms with Crippen LogP contribution < -0.4 is 19.5 Å². The number of rotatable bonds is 9. The Balaban J connectivity index is 1.63. The molecule has 10 heteroatoms. The van der Waals surface area contributed by atoms with E-state index in [4.69, 9.17) is 25.8 Å². The van der Waals surface area contributed by atoms with E-state index in [1.807, 2.05) is 50.4 Å². The van der Waals surface area contributed by atoms with E-state index in [0.717, 1.165) is 11.3 Å². The van der Waals surface area contributed by atoms with Gasteiger partial charge < -0.3 is 14.2 Å². The Morgan fingerprint density at radius 2 is 1.67 bits per heavy atom. The van der Waals surface area contributed by atoms with Gasteiger partial charge in [0.2, 0.25) is 10.7 Å². The summed E-state index contributed by atoms with van der Waals surface area (Å²) >= 11 is 7.43. The Hall–Kier alpha value is -3.30. The van der Waals surface area contributed by atoms with E-state index in [-0.39, 0.29) is 11.9 Å². The number of anilines is 1. The highest BCUT2D eigenvalue weighted by Gasteiger charge is 2.20. The lowest BCUT2D eigenvalue weighted by Gasteiger charge is -2.16. The summed E-state index contributed by atoms with van der Waals surface area (Å²) in [5, 5.41) is 9.84. The number of ether oxygens (including phenoxy) is 3. The largest absolute Gasteiger partial charge is 0.490 e. The fraction of sp³-hybridized carbons (Fsp3) is 0.261. The molecule has 0 radical (unpaired) electrons. The number of hydrogen-bond donors (Lipinski definition) is 1. The summed E-state index contributed by atoms with van der Waals surface area (Å²) in [7, 11) is 0. The van der Waals surface area contributed by atoms with E-state index < -0.39 is 0 Å². The Morgan fingerprint density at radius 3 is 2.27 bits per heavy atom. The van der Waals surface area contributed by atoms with Crippen LogP contribution in [0.15, 0.2) is 41.8 Å². The fourth-order valence-electron chi connectivity index (χ4n) is 3.25. The minimum atomic E-state index is -0.383. The van der Waals surface area contributed by atoms with Crippen LogP contribution in [0.1, 0.15) is 31.1 Å². The predicted molar refractivity (Wildman–Crippen MR) is 129 cm³/mol. The molecule has 2 aromatic heterocycles. The van der Waals surface area contributed by atoms with Gasteiger partial charge in [-0.3, -0.25) is 10.1 Å². The first-order valence-corrected chi connectivity index (χ1v) is 11.8. The summed E-state index contributed by atoms with van der Waals surface area (Å²) < 4.78 is 18.8. The fourth-order valence-corrected chi connectivity index (χ4v) is 4.20. The molecule has 4 aromatic rings. The van der Waals surface area contributed by atoms with Crippen molar-refractivity contribution in [2.45, 2.75) is 20.8 Å². The van der Waals surface area contributed by atoms with E-state index in [1.54, 1.807) is 16.6 Å². The van der Waals surface area contributed by atoms with Gasteiger partial charge >= 0.3 is 0 Å². The number of nitrogens with zero attached hydrogens (tertiary/aromatic N) is 3. The number of fused-ring (bicyclic) bond motifs is 1. The number of amides is 1. The molecule has 1 N–H and O–H groups in total. The van der Waals surface area contributed by atoms with E-state index in [1.165, 1.54) is 11.3 Å². The number of halogens is 1. The molecule has 4 rings (SSSR count). The molecule has 0 saturated carbocycles. The molecular formula is C23H23ClN4O4S. The van der Waals surface area contributed by atoms with E-state index in [0.29, 0.717) is 52.6 Å². The SMILES string of the molecule is CCOc1cc(C(=O)Nc2nc3scc(-c4ccc(Cl)cc4)n3n2)cc(OCC)c1OCC. The lowest BCUT2D eigenvalue weighted by atomic mass is 10.1. The van der Waals surface area contributed by atoms with Crippen LogP contribution in [-0.2, 0) is 0 Å². The van der Waals surface area contributed by atoms with Gasteiger partial charge in [0.15, 0.2) is 11.5 Å². The Morgan fingerprint density at radius 1 is 1.03 bits per heavy atom. The molecule has 1 amide bonds. The second kappa shape index (κ2) is 10.1. The van der Waals surface area contributed by atoms with E-state index in [2.05, 4.69) is 15.4 Å². The Bertz CT molecular complexity index is 1240. The number of carbonyl (C=O) groups excluding carboxylic acids is 1. The van der Waals surface area contributed by atoms with Gasteiger partial charge in [-0.25, -0.2) is 4.52 Å². The van der Waals surface area contributed by atoms with Gasteiger partial charge in [0, 0.05) is 21.5 Å². The first-order chi connectivity index (χ1) is 16.0. The molecule has 2 heterocycles. The maximum absolute atomic E-state index is 13.0. The third kappa shape index (κ3) is 4.89. The van der Waals surface area contributed by atoms with Crippen molar-refractivity contribution >= 4 is 39.8 Å². The molecule has 0 unspecified atom stereocenters. The Kier molecular flexibility index (Phi) is 7.00. The molecule has 2 aromatic carbocycles. The number of hydrogen-bond acceptors (Lipinski definition) is 7. The number of aromatic nitrogens is 3. The van der Waals surface area contributed by atoms with E-state index in [9.17, 15) is 4.79 Å². The van der Waals surface area contributed by atoms with E-state index >= 15 is 0 Å². The molecule has 0 fully saturated rings. The number of carbonyl (C=O) groups is 1. The summed E-state index contributed by atoms with van der Waals surface area (Å²) in [5.41, 5.74) is 2.15. The molecule has 33 heavy (non-hydrogen) atoms. The van der Waals surface area contributed by atoms with Crippen LogP contribution >= 0.6 is 22.9 Å². The zero-order valence-electron chi connectivity index (χ0n) is 18.4. The number of benzene rings is 2. The van der Waals surface area contributed by atoms with Gasteiger partial charge in [0.1, 0.15) is 0 Å². The average Bonchev–Trinajstić information content (AvgIpc) is 3.37. The standard InChI is InChI=1S/C23H23ClN4O4S/c1-4-30-18-11-15(12-19(31-5-2)20(18)32-6-3)21(29)25-22-26-23-28(27-22)17(13-33-23)14-7-9-16(24)10-8-14/h7-13H,4-6H2,1-3H3,(H,25,27,29). The van der Waals surface area contributed by atoms with Gasteiger partial charge in [-0.1, -0.05) is 23.7 Å². The van der Waals surface area contributed by atoms with Crippen molar-refractivity contribution < 1.29 is 19.0 Å². The zero-order valence-corrected chi connectivity index (χ0v) is 20.0. The van der Waals surface area contributed by atoms with Crippen molar-refractivity contribution in [1.82, 2.24) is 14.6 Å². The summed E-state index contributed by atoms with van der Waals surface area (Å²) in [6.45, 7) is 6.88. The lowest BCUT2D eigenvalue weighted by Crippen LogP contribution is -2.14. The second-order valence-corrected chi connectivity index (χ2v) is 8.09. The van der Waals surface area contributed by atoms with Crippen molar-refractivity contribution in [3.05, 3.63) is 52.4 Å². The van der Waals surface area contributed by atoms with Crippen LogP contribution in [0.2, 0.25) is 5.02 Å². The van der Waals surface area contributed by atoms with Crippen molar-refractivity contribution in [3.8, 4) is 28.5 Å². The molecule has 0 aliphatic rings. The van der Waals surface area contributed by atoms with Crippen LogP contribution in [0.5, 0.6) is 17.2 Å². The monoisotopic (exact) mass is 486 g/mol. The van der Waals surface area contributed by atoms with Crippen molar-refractivity contribution in [3.63, 3.8) is 0 Å². The molecule has 0 spiro atoms. The first kappa shape index (κ1) is 22.9. The topological polar surface area (TPSA) is 87.0 Å². The highest BCUT2D eigenvalue weighted by atomic mass is 35.5. The van der Waals surface area contributed by atoms with Crippen LogP contribution in [0.3, 0.4) is 0 Å². The average molecular weight is 487 g/mol. The molecule has 0 aliphatic heterocycles. The second-order valence-electron chi connectivity index (χ2n) is 6.81. The summed E-state index contributed by atoms with van der Waals surface area (Å²) in [6.07, 6.45) is 0. The molecule has 0 bridgehead atoms. The molecular weight excluding hydrogens is 464 g/mol. The van der Waals surface area contributed by atoms with Gasteiger partial charge in [-0.2, -0.15) is 4.98 Å². The lowest BCUT2D eigenvalue weighted by molar-refractivity contribution is 0.102. The quantitative estimate of drug-likeness (QED) is 0.333. The maximum atomic E-state index is 13.0. The smallest absolute Gasteiger partial charge is 0.258 e. The zero-order chi connectivity index (χ0) is 23.4. The third-order valence-electron chi connectivity index (χ3n) is 4.62. The summed E-state index contributed by atoms with van der Waals surface area (Å²) in [5.74, 6) is 1.18. The molecule has 0 aliphatic carbocycles. The highest BCUT2D eigenvalue weighted by Crippen LogP contribution is 2.39. The maximum Gasteiger partial charge on any atom is 0.258 e. The van der Waals surface area contributed by atoms with Crippen LogP contribution in [0.4, 0.5) is 5.95 Å². The van der Waals surface area contributed by atoms with Crippen molar-refractivity contribution in [1.29, 1.82) is 0 Å². The van der Waals surface area contributed by atoms with Crippen molar-refractivity contribution in [2.24, 2.45) is 0 Å². The van der Waals surface area contributed by atoms with Crippen LogP contribution in [-0.4, -0.2) is 40.3 Å². The number of nitrogens with one attached hydrogen (secondary N) is 1. The van der Waals surface area contributed by atoms with Crippen molar-refractivity contribution in [2.75, 3.05) is 25.1 Å². The van der Waals surface area contributed by atoms with Crippen LogP contribution in [0, 0.1) is 0 Å².